The second-order valence-corrected chi connectivity index (χ2v) is 5.05. The van der Waals surface area contributed by atoms with Gasteiger partial charge in [0, 0.05) is 12.1 Å². The van der Waals surface area contributed by atoms with Gasteiger partial charge in [-0.05, 0) is 13.0 Å². The summed E-state index contributed by atoms with van der Waals surface area (Å²) in [6.45, 7) is 1.01. The number of nitrogens with zero attached hydrogens (tertiary/aromatic N) is 2. The molecule has 3 N–H and O–H groups in total. The third-order valence-corrected chi connectivity index (χ3v) is 3.41. The SMILES string of the molecule is CC(C(F)F)N1N=C/C(=C(\O)NCc2ccccc2F)C(=N)C1=O. The highest BCUT2D eigenvalue weighted by Gasteiger charge is 2.34. The monoisotopic (exact) mass is 340 g/mol. The zero-order valence-electron chi connectivity index (χ0n) is 12.6. The Labute approximate surface area is 135 Å². The van der Waals surface area contributed by atoms with Gasteiger partial charge in [0.05, 0.1) is 11.8 Å². The van der Waals surface area contributed by atoms with Gasteiger partial charge >= 0.3 is 0 Å². The van der Waals surface area contributed by atoms with Crippen molar-refractivity contribution in [3.63, 3.8) is 0 Å². The molecule has 2 rings (SSSR count). The van der Waals surface area contributed by atoms with Crippen LogP contribution >= 0.6 is 0 Å². The van der Waals surface area contributed by atoms with Crippen molar-refractivity contribution in [3.05, 3.63) is 47.1 Å². The summed E-state index contributed by atoms with van der Waals surface area (Å²) in [4.78, 5) is 11.9. The molecule has 0 aromatic heterocycles. The van der Waals surface area contributed by atoms with E-state index in [4.69, 9.17) is 5.41 Å². The summed E-state index contributed by atoms with van der Waals surface area (Å²) in [7, 11) is 0. The Morgan fingerprint density at radius 1 is 1.42 bits per heavy atom. The van der Waals surface area contributed by atoms with E-state index in [-0.39, 0.29) is 17.7 Å². The van der Waals surface area contributed by atoms with Gasteiger partial charge < -0.3 is 10.4 Å². The molecule has 0 saturated carbocycles. The van der Waals surface area contributed by atoms with Gasteiger partial charge in [0.2, 0.25) is 0 Å². The highest BCUT2D eigenvalue weighted by Crippen LogP contribution is 2.17. The molecule has 1 aliphatic rings. The predicted molar refractivity (Wildman–Crippen MR) is 81.4 cm³/mol. The Morgan fingerprint density at radius 3 is 2.71 bits per heavy atom. The largest absolute Gasteiger partial charge is 0.494 e. The highest BCUT2D eigenvalue weighted by atomic mass is 19.3. The lowest BCUT2D eigenvalue weighted by Crippen LogP contribution is -2.46. The molecular weight excluding hydrogens is 325 g/mol. The minimum absolute atomic E-state index is 0.0888. The van der Waals surface area contributed by atoms with E-state index in [1.807, 2.05) is 0 Å². The summed E-state index contributed by atoms with van der Waals surface area (Å²) < 4.78 is 38.8. The van der Waals surface area contributed by atoms with Gasteiger partial charge in [-0.1, -0.05) is 18.2 Å². The maximum absolute atomic E-state index is 13.5. The normalized spacial score (nSPS) is 18.1. The van der Waals surface area contributed by atoms with Gasteiger partial charge in [-0.3, -0.25) is 10.2 Å². The molecule has 6 nitrogen and oxygen atoms in total. The fourth-order valence-corrected chi connectivity index (χ4v) is 1.96. The Hall–Kier alpha value is -2.84. The molecule has 1 amide bonds. The third kappa shape index (κ3) is 3.55. The summed E-state index contributed by atoms with van der Waals surface area (Å²) in [5.74, 6) is -2.10. The van der Waals surface area contributed by atoms with Crippen LogP contribution in [0.5, 0.6) is 0 Å². The first-order valence-corrected chi connectivity index (χ1v) is 6.98. The van der Waals surface area contributed by atoms with Crippen molar-refractivity contribution >= 4 is 17.8 Å². The van der Waals surface area contributed by atoms with Crippen molar-refractivity contribution < 1.29 is 23.1 Å². The molecule has 1 heterocycles. The lowest BCUT2D eigenvalue weighted by Gasteiger charge is -2.27. The first-order valence-electron chi connectivity index (χ1n) is 6.98. The third-order valence-electron chi connectivity index (χ3n) is 3.41. The lowest BCUT2D eigenvalue weighted by atomic mass is 10.1. The maximum Gasteiger partial charge on any atom is 0.293 e. The highest BCUT2D eigenvalue weighted by molar-refractivity contribution is 6.49. The molecule has 1 atom stereocenters. The Kier molecular flexibility index (Phi) is 5.22. The van der Waals surface area contributed by atoms with E-state index in [2.05, 4.69) is 10.4 Å². The van der Waals surface area contributed by atoms with Crippen LogP contribution in [0.3, 0.4) is 0 Å². The molecule has 0 fully saturated rings. The Balaban J connectivity index is 2.17. The van der Waals surface area contributed by atoms with Crippen molar-refractivity contribution in [3.8, 4) is 0 Å². The first-order chi connectivity index (χ1) is 11.3. The molecule has 1 aromatic carbocycles. The van der Waals surface area contributed by atoms with E-state index in [1.54, 1.807) is 6.07 Å². The number of aliphatic hydroxyl groups is 1. The number of nitrogens with one attached hydrogen (secondary N) is 2. The van der Waals surface area contributed by atoms with Crippen molar-refractivity contribution in [1.29, 1.82) is 5.41 Å². The number of benzene rings is 1. The van der Waals surface area contributed by atoms with Crippen LogP contribution in [0, 0.1) is 11.2 Å². The van der Waals surface area contributed by atoms with Gasteiger partial charge in [0.15, 0.2) is 5.88 Å². The predicted octanol–water partition coefficient (Wildman–Crippen LogP) is 2.19. The van der Waals surface area contributed by atoms with Crippen molar-refractivity contribution in [2.75, 3.05) is 0 Å². The topological polar surface area (TPSA) is 88.8 Å². The van der Waals surface area contributed by atoms with Crippen LogP contribution in [-0.2, 0) is 11.3 Å². The molecule has 0 radical (unpaired) electrons. The van der Waals surface area contributed by atoms with Gasteiger partial charge in [-0.15, -0.1) is 0 Å². The molecule has 0 saturated heterocycles. The molecule has 1 aromatic rings. The van der Waals surface area contributed by atoms with E-state index in [1.165, 1.54) is 18.2 Å². The number of amides is 1. The van der Waals surface area contributed by atoms with Gasteiger partial charge in [-0.25, -0.2) is 18.2 Å². The second kappa shape index (κ2) is 7.16. The minimum Gasteiger partial charge on any atom is -0.494 e. The van der Waals surface area contributed by atoms with Crippen LogP contribution in [0.15, 0.2) is 40.8 Å². The van der Waals surface area contributed by atoms with Crippen LogP contribution in [0.25, 0.3) is 0 Å². The fourth-order valence-electron chi connectivity index (χ4n) is 1.96. The lowest BCUT2D eigenvalue weighted by molar-refractivity contribution is -0.129. The Morgan fingerprint density at radius 2 is 2.08 bits per heavy atom. The van der Waals surface area contributed by atoms with E-state index in [0.29, 0.717) is 5.01 Å². The van der Waals surface area contributed by atoms with Crippen LogP contribution < -0.4 is 5.32 Å². The number of alkyl halides is 2. The van der Waals surface area contributed by atoms with Crippen LogP contribution in [0.1, 0.15) is 12.5 Å². The number of carbonyl (C=O) groups excluding carboxylic acids is 1. The summed E-state index contributed by atoms with van der Waals surface area (Å²) in [5.41, 5.74) is -0.673. The van der Waals surface area contributed by atoms with Gasteiger partial charge in [0.1, 0.15) is 17.6 Å². The second-order valence-electron chi connectivity index (χ2n) is 5.05. The number of aliphatic hydroxyl groups excluding tert-OH is 1. The van der Waals surface area contributed by atoms with Gasteiger partial charge in [0.25, 0.3) is 12.3 Å². The van der Waals surface area contributed by atoms with Gasteiger partial charge in [-0.2, -0.15) is 5.10 Å². The van der Waals surface area contributed by atoms with E-state index in [9.17, 15) is 23.1 Å². The summed E-state index contributed by atoms with van der Waals surface area (Å²) in [5, 5.41) is 24.2. The number of halogens is 3. The van der Waals surface area contributed by atoms with Crippen LogP contribution in [0.4, 0.5) is 13.2 Å². The smallest absolute Gasteiger partial charge is 0.293 e. The standard InChI is InChI=1S/C15H15F3N4O2/c1-8(13(17)18)22-15(24)12(19)10(7-21-22)14(23)20-6-9-4-2-3-5-11(9)16/h2-5,7-8,13,19-20,23H,6H2,1H3/b14-10+,19-12?. The number of hydrogen-bond donors (Lipinski definition) is 3. The first kappa shape index (κ1) is 17.5. The van der Waals surface area contributed by atoms with E-state index >= 15 is 0 Å². The molecule has 128 valence electrons. The zero-order valence-corrected chi connectivity index (χ0v) is 12.6. The average Bonchev–Trinajstić information content (AvgIpc) is 2.55. The van der Waals surface area contributed by atoms with Crippen molar-refractivity contribution in [1.82, 2.24) is 10.3 Å². The summed E-state index contributed by atoms with van der Waals surface area (Å²) in [6, 6.07) is 4.37. The molecule has 1 aliphatic heterocycles. The van der Waals surface area contributed by atoms with E-state index in [0.717, 1.165) is 13.1 Å². The number of hydrogen-bond acceptors (Lipinski definition) is 5. The molecule has 0 spiro atoms. The molecule has 0 bridgehead atoms. The molecular formula is C15H15F3N4O2. The number of carbonyl (C=O) groups is 1. The fraction of sp³-hybridized carbons (Fsp3) is 0.267. The average molecular weight is 340 g/mol. The maximum atomic E-state index is 13.5. The quantitative estimate of drug-likeness (QED) is 0.718. The molecule has 24 heavy (non-hydrogen) atoms. The van der Waals surface area contributed by atoms with Crippen molar-refractivity contribution in [2.45, 2.75) is 25.9 Å². The van der Waals surface area contributed by atoms with E-state index < -0.39 is 35.8 Å². The van der Waals surface area contributed by atoms with Crippen LogP contribution in [0.2, 0.25) is 0 Å². The summed E-state index contributed by atoms with van der Waals surface area (Å²) in [6.07, 6.45) is -1.89. The Bertz CT molecular complexity index is 718. The molecule has 9 heteroatoms. The molecule has 0 aliphatic carbocycles. The van der Waals surface area contributed by atoms with Crippen LogP contribution in [-0.4, -0.2) is 40.4 Å². The molecule has 1 unspecified atom stereocenters. The number of rotatable bonds is 5. The minimum atomic E-state index is -2.82. The summed E-state index contributed by atoms with van der Waals surface area (Å²) >= 11 is 0. The van der Waals surface area contributed by atoms with Crippen molar-refractivity contribution in [2.24, 2.45) is 5.10 Å². The number of hydrazone groups is 1. The zero-order chi connectivity index (χ0) is 17.9.